The van der Waals surface area contributed by atoms with Crippen LogP contribution in [0.25, 0.3) is 6.08 Å². The Morgan fingerprint density at radius 1 is 1.15 bits per heavy atom. The smallest absolute Gasteiger partial charge is 0.331 e. The standard InChI is InChI=1S/C21H29NO5/c1-4-14-27-17-10-8-16(15-18(17)25-2)9-11-19(23)22-21(20(24)26-3)12-6-5-7-13-21/h8-11,15H,4-7,12-14H2,1-3H3,(H,22,23)/b11-9+. The van der Waals surface area contributed by atoms with Gasteiger partial charge in [-0.05, 0) is 43.0 Å². The molecule has 0 aromatic heterocycles. The summed E-state index contributed by atoms with van der Waals surface area (Å²) >= 11 is 0. The monoisotopic (exact) mass is 375 g/mol. The Bertz CT molecular complexity index is 677. The third-order valence-corrected chi connectivity index (χ3v) is 4.72. The number of benzene rings is 1. The molecule has 2 rings (SSSR count). The lowest BCUT2D eigenvalue weighted by molar-refractivity contribution is -0.152. The highest BCUT2D eigenvalue weighted by Crippen LogP contribution is 2.30. The van der Waals surface area contributed by atoms with Crippen LogP contribution in [0.5, 0.6) is 11.5 Å². The van der Waals surface area contributed by atoms with Gasteiger partial charge in [0.25, 0.3) is 0 Å². The summed E-state index contributed by atoms with van der Waals surface area (Å²) in [5, 5.41) is 2.86. The predicted octanol–water partition coefficient (Wildman–Crippen LogP) is 3.49. The van der Waals surface area contributed by atoms with Crippen molar-refractivity contribution < 1.29 is 23.8 Å². The van der Waals surface area contributed by atoms with Crippen molar-refractivity contribution in [2.24, 2.45) is 0 Å². The van der Waals surface area contributed by atoms with Gasteiger partial charge in [-0.1, -0.05) is 32.3 Å². The van der Waals surface area contributed by atoms with Crippen LogP contribution >= 0.6 is 0 Å². The van der Waals surface area contributed by atoms with Gasteiger partial charge in [-0.15, -0.1) is 0 Å². The Balaban J connectivity index is 2.07. The zero-order chi connectivity index (χ0) is 19.7. The molecule has 1 fully saturated rings. The van der Waals surface area contributed by atoms with Crippen LogP contribution < -0.4 is 14.8 Å². The van der Waals surface area contributed by atoms with E-state index < -0.39 is 5.54 Å². The fraction of sp³-hybridized carbons (Fsp3) is 0.524. The lowest BCUT2D eigenvalue weighted by atomic mass is 9.81. The summed E-state index contributed by atoms with van der Waals surface area (Å²) in [5.41, 5.74) is -0.106. The van der Waals surface area contributed by atoms with Crippen molar-refractivity contribution in [3.05, 3.63) is 29.8 Å². The highest BCUT2D eigenvalue weighted by molar-refractivity contribution is 5.96. The molecule has 1 saturated carbocycles. The topological polar surface area (TPSA) is 73.9 Å². The zero-order valence-electron chi connectivity index (χ0n) is 16.4. The van der Waals surface area contributed by atoms with Crippen LogP contribution in [-0.2, 0) is 14.3 Å². The minimum absolute atomic E-state index is 0.312. The average Bonchev–Trinajstić information content (AvgIpc) is 2.70. The Morgan fingerprint density at radius 3 is 2.52 bits per heavy atom. The molecule has 1 aliphatic carbocycles. The molecule has 1 aromatic rings. The van der Waals surface area contributed by atoms with Gasteiger partial charge in [0.2, 0.25) is 5.91 Å². The molecule has 0 saturated heterocycles. The molecule has 0 heterocycles. The highest BCUT2D eigenvalue weighted by Gasteiger charge is 2.41. The molecular weight excluding hydrogens is 346 g/mol. The van der Waals surface area contributed by atoms with E-state index in [0.29, 0.717) is 30.9 Å². The van der Waals surface area contributed by atoms with Crippen molar-refractivity contribution in [3.63, 3.8) is 0 Å². The van der Waals surface area contributed by atoms with Gasteiger partial charge in [0.05, 0.1) is 20.8 Å². The molecule has 0 spiro atoms. The van der Waals surface area contributed by atoms with Gasteiger partial charge in [0.15, 0.2) is 11.5 Å². The van der Waals surface area contributed by atoms with E-state index in [9.17, 15) is 9.59 Å². The molecule has 0 bridgehead atoms. The number of carbonyl (C=O) groups is 2. The van der Waals surface area contributed by atoms with Crippen molar-refractivity contribution in [1.29, 1.82) is 0 Å². The summed E-state index contributed by atoms with van der Waals surface area (Å²) in [4.78, 5) is 24.6. The van der Waals surface area contributed by atoms with Gasteiger partial charge in [0.1, 0.15) is 5.54 Å². The number of hydrogen-bond donors (Lipinski definition) is 1. The highest BCUT2D eigenvalue weighted by atomic mass is 16.5. The molecule has 6 nitrogen and oxygen atoms in total. The minimum Gasteiger partial charge on any atom is -0.493 e. The number of nitrogens with one attached hydrogen (secondary N) is 1. The second kappa shape index (κ2) is 10.00. The van der Waals surface area contributed by atoms with E-state index in [4.69, 9.17) is 14.2 Å². The number of rotatable bonds is 8. The summed E-state index contributed by atoms with van der Waals surface area (Å²) in [5.74, 6) is 0.604. The molecule has 27 heavy (non-hydrogen) atoms. The normalized spacial score (nSPS) is 16.0. The lowest BCUT2D eigenvalue weighted by Gasteiger charge is -2.34. The third kappa shape index (κ3) is 5.49. The molecule has 148 valence electrons. The van der Waals surface area contributed by atoms with E-state index in [2.05, 4.69) is 5.32 Å². The number of amides is 1. The summed E-state index contributed by atoms with van der Waals surface area (Å²) in [7, 11) is 2.94. The molecule has 6 heteroatoms. The average molecular weight is 375 g/mol. The number of methoxy groups -OCH3 is 2. The summed E-state index contributed by atoms with van der Waals surface area (Å²) < 4.78 is 15.9. The number of esters is 1. The van der Waals surface area contributed by atoms with Gasteiger partial charge in [-0.25, -0.2) is 4.79 Å². The Labute approximate surface area is 160 Å². The molecule has 1 aromatic carbocycles. The van der Waals surface area contributed by atoms with E-state index in [-0.39, 0.29) is 11.9 Å². The molecule has 0 unspecified atom stereocenters. The predicted molar refractivity (Wildman–Crippen MR) is 104 cm³/mol. The van der Waals surface area contributed by atoms with E-state index in [0.717, 1.165) is 31.2 Å². The summed E-state index contributed by atoms with van der Waals surface area (Å²) in [6.45, 7) is 2.65. The fourth-order valence-corrected chi connectivity index (χ4v) is 3.30. The van der Waals surface area contributed by atoms with Gasteiger partial charge in [-0.2, -0.15) is 0 Å². The second-order valence-electron chi connectivity index (χ2n) is 6.72. The molecule has 1 N–H and O–H groups in total. The SMILES string of the molecule is CCCOc1ccc(/C=C/C(=O)NC2(C(=O)OC)CCCCC2)cc1OC. The minimum atomic E-state index is -0.913. The Morgan fingerprint density at radius 2 is 1.89 bits per heavy atom. The maximum atomic E-state index is 12.4. The van der Waals surface area contributed by atoms with E-state index in [1.807, 2.05) is 25.1 Å². The number of hydrogen-bond acceptors (Lipinski definition) is 5. The van der Waals surface area contributed by atoms with Crippen molar-refractivity contribution >= 4 is 18.0 Å². The summed E-state index contributed by atoms with van der Waals surface area (Å²) in [6, 6.07) is 5.49. The van der Waals surface area contributed by atoms with Crippen molar-refractivity contribution in [2.75, 3.05) is 20.8 Å². The first-order valence-electron chi connectivity index (χ1n) is 9.44. The molecule has 1 amide bonds. The Hall–Kier alpha value is -2.50. The van der Waals surface area contributed by atoms with Crippen LogP contribution in [0.4, 0.5) is 0 Å². The maximum absolute atomic E-state index is 12.4. The van der Waals surface area contributed by atoms with Gasteiger partial charge >= 0.3 is 5.97 Å². The van der Waals surface area contributed by atoms with Gasteiger partial charge < -0.3 is 19.5 Å². The molecule has 1 aliphatic rings. The van der Waals surface area contributed by atoms with Crippen LogP contribution in [0, 0.1) is 0 Å². The second-order valence-corrected chi connectivity index (χ2v) is 6.72. The van der Waals surface area contributed by atoms with E-state index in [1.165, 1.54) is 13.2 Å². The lowest BCUT2D eigenvalue weighted by Crippen LogP contribution is -2.55. The largest absolute Gasteiger partial charge is 0.493 e. The fourth-order valence-electron chi connectivity index (χ4n) is 3.30. The molecule has 0 atom stereocenters. The van der Waals surface area contributed by atoms with Crippen molar-refractivity contribution in [3.8, 4) is 11.5 Å². The maximum Gasteiger partial charge on any atom is 0.331 e. The van der Waals surface area contributed by atoms with Crippen LogP contribution in [0.1, 0.15) is 51.0 Å². The van der Waals surface area contributed by atoms with E-state index >= 15 is 0 Å². The van der Waals surface area contributed by atoms with Crippen LogP contribution in [0.3, 0.4) is 0 Å². The quantitative estimate of drug-likeness (QED) is 0.556. The molecule has 0 radical (unpaired) electrons. The van der Waals surface area contributed by atoms with Crippen LogP contribution in [-0.4, -0.2) is 38.2 Å². The van der Waals surface area contributed by atoms with Crippen molar-refractivity contribution in [2.45, 2.75) is 51.0 Å². The van der Waals surface area contributed by atoms with Crippen LogP contribution in [0.2, 0.25) is 0 Å². The first-order valence-corrected chi connectivity index (χ1v) is 9.44. The van der Waals surface area contributed by atoms with Gasteiger partial charge in [-0.3, -0.25) is 4.79 Å². The zero-order valence-corrected chi connectivity index (χ0v) is 16.4. The number of carbonyl (C=O) groups excluding carboxylic acids is 2. The van der Waals surface area contributed by atoms with Gasteiger partial charge in [0, 0.05) is 6.08 Å². The third-order valence-electron chi connectivity index (χ3n) is 4.72. The first kappa shape index (κ1) is 20.8. The Kier molecular flexibility index (Phi) is 7.70. The molecule has 0 aliphatic heterocycles. The van der Waals surface area contributed by atoms with Crippen LogP contribution in [0.15, 0.2) is 24.3 Å². The number of ether oxygens (including phenoxy) is 3. The first-order chi connectivity index (χ1) is 13.0. The van der Waals surface area contributed by atoms with E-state index in [1.54, 1.807) is 13.2 Å². The molecular formula is C21H29NO5. The summed E-state index contributed by atoms with van der Waals surface area (Å²) in [6.07, 6.45) is 8.11. The van der Waals surface area contributed by atoms with Crippen molar-refractivity contribution in [1.82, 2.24) is 5.32 Å².